The SMILES string of the molecule is CCOC(=O)C1=C(C)N=c2s/c(=C/c3ccc4c(c3)n(C)c(=O)n4C)c(=O)n2[C@H]1c1ccc(OC)cc1OC. The first kappa shape index (κ1) is 26.2. The summed E-state index contributed by atoms with van der Waals surface area (Å²) in [6.45, 7) is 3.64. The highest BCUT2D eigenvalue weighted by atomic mass is 32.1. The highest BCUT2D eigenvalue weighted by molar-refractivity contribution is 7.07. The summed E-state index contributed by atoms with van der Waals surface area (Å²) in [6, 6.07) is 10.0. The Bertz CT molecular complexity index is 1910. The molecule has 39 heavy (non-hydrogen) atoms. The van der Waals surface area contributed by atoms with Gasteiger partial charge in [0.05, 0.1) is 47.7 Å². The van der Waals surface area contributed by atoms with Gasteiger partial charge in [-0.05, 0) is 49.8 Å². The molecule has 1 atom stereocenters. The molecule has 0 bridgehead atoms. The first-order valence-corrected chi connectivity index (χ1v) is 13.1. The third-order valence-electron chi connectivity index (χ3n) is 6.85. The van der Waals surface area contributed by atoms with Crippen LogP contribution in [0.4, 0.5) is 0 Å². The second kappa shape index (κ2) is 10.1. The lowest BCUT2D eigenvalue weighted by Gasteiger charge is -2.26. The van der Waals surface area contributed by atoms with Crippen LogP contribution >= 0.6 is 11.3 Å². The summed E-state index contributed by atoms with van der Waals surface area (Å²) in [5, 5.41) is 0. The van der Waals surface area contributed by atoms with E-state index in [1.54, 1.807) is 68.5 Å². The molecular weight excluding hydrogens is 520 g/mol. The van der Waals surface area contributed by atoms with E-state index in [-0.39, 0.29) is 23.4 Å². The van der Waals surface area contributed by atoms with Crippen LogP contribution in [0.5, 0.6) is 11.5 Å². The fourth-order valence-electron chi connectivity index (χ4n) is 4.90. The third kappa shape index (κ3) is 4.28. The molecule has 2 aromatic heterocycles. The van der Waals surface area contributed by atoms with Crippen LogP contribution in [0.15, 0.2) is 62.2 Å². The van der Waals surface area contributed by atoms with Crippen LogP contribution in [0.25, 0.3) is 17.1 Å². The van der Waals surface area contributed by atoms with Gasteiger partial charge in [0.1, 0.15) is 17.5 Å². The number of fused-ring (bicyclic) bond motifs is 2. The summed E-state index contributed by atoms with van der Waals surface area (Å²) in [7, 11) is 6.51. The summed E-state index contributed by atoms with van der Waals surface area (Å²) >= 11 is 1.23. The molecule has 0 saturated carbocycles. The number of ether oxygens (including phenoxy) is 3. The monoisotopic (exact) mass is 548 g/mol. The van der Waals surface area contributed by atoms with Gasteiger partial charge in [0.25, 0.3) is 5.56 Å². The summed E-state index contributed by atoms with van der Waals surface area (Å²) in [5.41, 5.74) is 3.20. The first-order chi connectivity index (χ1) is 18.7. The van der Waals surface area contributed by atoms with Crippen LogP contribution in [0.3, 0.4) is 0 Å². The van der Waals surface area contributed by atoms with Crippen molar-refractivity contribution >= 4 is 34.4 Å². The average molecular weight is 549 g/mol. The smallest absolute Gasteiger partial charge is 0.338 e. The van der Waals surface area contributed by atoms with Crippen molar-refractivity contribution in [1.82, 2.24) is 13.7 Å². The Hall–Kier alpha value is -4.38. The summed E-state index contributed by atoms with van der Waals surface area (Å²) in [4.78, 5) is 44.5. The van der Waals surface area contributed by atoms with Crippen LogP contribution in [0.1, 0.15) is 31.0 Å². The van der Waals surface area contributed by atoms with Crippen LogP contribution in [0, 0.1) is 0 Å². The average Bonchev–Trinajstić information content (AvgIpc) is 3.34. The summed E-state index contributed by atoms with van der Waals surface area (Å²) < 4.78 is 21.5. The van der Waals surface area contributed by atoms with E-state index in [4.69, 9.17) is 14.2 Å². The number of thiazole rings is 1. The Morgan fingerprint density at radius 3 is 2.49 bits per heavy atom. The molecular formula is C28H28N4O6S. The first-order valence-electron chi connectivity index (χ1n) is 12.3. The fourth-order valence-corrected chi connectivity index (χ4v) is 5.94. The molecule has 1 aliphatic heterocycles. The molecule has 0 unspecified atom stereocenters. The third-order valence-corrected chi connectivity index (χ3v) is 7.83. The Labute approximate surface area is 227 Å². The zero-order valence-electron chi connectivity index (χ0n) is 22.5. The quantitative estimate of drug-likeness (QED) is 0.342. The Kier molecular flexibility index (Phi) is 6.77. The molecule has 11 heteroatoms. The lowest BCUT2D eigenvalue weighted by Crippen LogP contribution is -2.40. The van der Waals surface area contributed by atoms with Crippen LogP contribution in [0.2, 0.25) is 0 Å². The van der Waals surface area contributed by atoms with Gasteiger partial charge in [-0.15, -0.1) is 0 Å². The number of hydrogen-bond donors (Lipinski definition) is 0. The maximum Gasteiger partial charge on any atom is 0.338 e. The van der Waals surface area contributed by atoms with Crippen molar-refractivity contribution in [3.63, 3.8) is 0 Å². The topological polar surface area (TPSA) is 106 Å². The number of nitrogens with zero attached hydrogens (tertiary/aromatic N) is 4. The van der Waals surface area contributed by atoms with E-state index in [1.165, 1.54) is 23.0 Å². The molecule has 0 saturated heterocycles. The van der Waals surface area contributed by atoms with E-state index < -0.39 is 12.0 Å². The van der Waals surface area contributed by atoms with Crippen LogP contribution in [-0.2, 0) is 23.6 Å². The van der Waals surface area contributed by atoms with Gasteiger partial charge < -0.3 is 14.2 Å². The summed E-state index contributed by atoms with van der Waals surface area (Å²) in [5.74, 6) is 0.485. The minimum absolute atomic E-state index is 0.128. The van der Waals surface area contributed by atoms with E-state index >= 15 is 0 Å². The maximum absolute atomic E-state index is 13.9. The molecule has 2 aromatic carbocycles. The van der Waals surface area contributed by atoms with E-state index in [2.05, 4.69) is 4.99 Å². The van der Waals surface area contributed by atoms with Crippen molar-refractivity contribution in [2.75, 3.05) is 20.8 Å². The predicted molar refractivity (Wildman–Crippen MR) is 148 cm³/mol. The normalized spacial score (nSPS) is 15.3. The number of rotatable bonds is 6. The van der Waals surface area contributed by atoms with Crippen molar-refractivity contribution < 1.29 is 19.0 Å². The minimum Gasteiger partial charge on any atom is -0.497 e. The van der Waals surface area contributed by atoms with Crippen molar-refractivity contribution in [3.05, 3.63) is 89.0 Å². The maximum atomic E-state index is 13.9. The number of methoxy groups -OCH3 is 2. The van der Waals surface area contributed by atoms with Gasteiger partial charge in [-0.25, -0.2) is 14.6 Å². The second-order valence-corrected chi connectivity index (χ2v) is 10.1. The molecule has 202 valence electrons. The van der Waals surface area contributed by atoms with E-state index in [9.17, 15) is 14.4 Å². The summed E-state index contributed by atoms with van der Waals surface area (Å²) in [6.07, 6.45) is 1.77. The Morgan fingerprint density at radius 2 is 1.79 bits per heavy atom. The number of imidazole rings is 1. The van der Waals surface area contributed by atoms with Gasteiger partial charge in [0.15, 0.2) is 4.80 Å². The van der Waals surface area contributed by atoms with E-state index in [0.29, 0.717) is 32.1 Å². The number of hydrogen-bond acceptors (Lipinski definition) is 8. The predicted octanol–water partition coefficient (Wildman–Crippen LogP) is 2.01. The highest BCUT2D eigenvalue weighted by Gasteiger charge is 2.35. The van der Waals surface area contributed by atoms with Crippen molar-refractivity contribution in [3.8, 4) is 11.5 Å². The molecule has 0 amide bonds. The number of aryl methyl sites for hydroxylation is 2. The van der Waals surface area contributed by atoms with Crippen molar-refractivity contribution in [1.29, 1.82) is 0 Å². The zero-order valence-corrected chi connectivity index (χ0v) is 23.3. The van der Waals surface area contributed by atoms with Gasteiger partial charge in [0, 0.05) is 25.7 Å². The molecule has 0 aliphatic carbocycles. The number of carbonyl (C=O) groups excluding carboxylic acids is 1. The molecule has 0 N–H and O–H groups in total. The molecule has 5 rings (SSSR count). The molecule has 1 aliphatic rings. The molecule has 0 spiro atoms. The number of esters is 1. The standard InChI is InChI=1S/C28H28N4O6S/c1-7-38-26(34)23-15(2)29-27-32(24(23)18-10-9-17(36-5)14-21(18)37-6)25(33)22(39-27)13-16-8-11-19-20(12-16)31(4)28(35)30(19)3/h8-14,24H,7H2,1-6H3/b22-13+/t24-/m0/s1. The zero-order chi connectivity index (χ0) is 28.0. The number of carbonyl (C=O) groups is 1. The van der Waals surface area contributed by atoms with Crippen LogP contribution < -0.4 is 30.1 Å². The van der Waals surface area contributed by atoms with E-state index in [0.717, 1.165) is 16.6 Å². The lowest BCUT2D eigenvalue weighted by molar-refractivity contribution is -0.139. The van der Waals surface area contributed by atoms with Gasteiger partial charge in [-0.1, -0.05) is 17.4 Å². The number of benzene rings is 2. The molecule has 0 fully saturated rings. The van der Waals surface area contributed by atoms with Crippen molar-refractivity contribution in [2.24, 2.45) is 19.1 Å². The molecule has 10 nitrogen and oxygen atoms in total. The van der Waals surface area contributed by atoms with Gasteiger partial charge in [0.2, 0.25) is 0 Å². The largest absolute Gasteiger partial charge is 0.497 e. The van der Waals surface area contributed by atoms with Gasteiger partial charge in [-0.2, -0.15) is 0 Å². The van der Waals surface area contributed by atoms with E-state index in [1.807, 2.05) is 18.2 Å². The number of allylic oxidation sites excluding steroid dienone is 1. The highest BCUT2D eigenvalue weighted by Crippen LogP contribution is 2.37. The molecule has 0 radical (unpaired) electrons. The van der Waals surface area contributed by atoms with Crippen molar-refractivity contribution in [2.45, 2.75) is 19.9 Å². The van der Waals surface area contributed by atoms with Gasteiger partial charge >= 0.3 is 11.7 Å². The van der Waals surface area contributed by atoms with Gasteiger partial charge in [-0.3, -0.25) is 18.5 Å². The Morgan fingerprint density at radius 1 is 1.05 bits per heavy atom. The number of aromatic nitrogens is 3. The molecule has 3 heterocycles. The Balaban J connectivity index is 1.75. The molecule has 4 aromatic rings. The fraction of sp³-hybridized carbons (Fsp3) is 0.286. The minimum atomic E-state index is -0.819. The van der Waals surface area contributed by atoms with Crippen LogP contribution in [-0.4, -0.2) is 40.5 Å². The second-order valence-electron chi connectivity index (χ2n) is 9.06. The lowest BCUT2D eigenvalue weighted by atomic mass is 9.95.